The largest absolute Gasteiger partial charge is 0.368 e. The van der Waals surface area contributed by atoms with Crippen LogP contribution in [0.25, 0.3) is 0 Å². The van der Waals surface area contributed by atoms with E-state index in [1.165, 1.54) is 32.2 Å². The Bertz CT molecular complexity index is 323. The predicted octanol–water partition coefficient (Wildman–Crippen LogP) is 2.93. The van der Waals surface area contributed by atoms with Crippen molar-refractivity contribution in [2.24, 2.45) is 5.73 Å². The Kier molecular flexibility index (Phi) is 4.03. The molecule has 2 N–H and O–H groups in total. The number of rotatable bonds is 6. The molecule has 2 fully saturated rings. The van der Waals surface area contributed by atoms with Gasteiger partial charge in [0, 0.05) is 12.6 Å². The average molecular weight is 268 g/mol. The third-order valence-electron chi connectivity index (χ3n) is 5.00. The van der Waals surface area contributed by atoms with Crippen molar-refractivity contribution in [3.8, 4) is 0 Å². The third-order valence-corrected chi connectivity index (χ3v) is 5.00. The van der Waals surface area contributed by atoms with Crippen LogP contribution in [0, 0.1) is 0 Å². The van der Waals surface area contributed by atoms with Crippen molar-refractivity contribution in [1.29, 1.82) is 0 Å². The highest BCUT2D eigenvalue weighted by Crippen LogP contribution is 2.50. The van der Waals surface area contributed by atoms with Crippen LogP contribution in [0.5, 0.6) is 0 Å². The van der Waals surface area contributed by atoms with Gasteiger partial charge in [-0.25, -0.2) is 0 Å². The molecule has 2 aliphatic rings. The molecule has 1 aliphatic carbocycles. The van der Waals surface area contributed by atoms with Crippen molar-refractivity contribution in [2.75, 3.05) is 13.1 Å². The van der Waals surface area contributed by atoms with E-state index in [4.69, 9.17) is 10.5 Å². The summed E-state index contributed by atoms with van der Waals surface area (Å²) in [5, 5.41) is 0. The molecule has 1 heterocycles. The highest BCUT2D eigenvalue weighted by Gasteiger charge is 2.61. The second-order valence-corrected chi connectivity index (χ2v) is 7.56. The van der Waals surface area contributed by atoms with Gasteiger partial charge in [0.05, 0.1) is 16.7 Å². The van der Waals surface area contributed by atoms with Crippen LogP contribution in [-0.4, -0.2) is 40.8 Å². The number of hydrogen-bond donors (Lipinski definition) is 1. The fraction of sp³-hybridized carbons (Fsp3) is 1.00. The quantitative estimate of drug-likeness (QED) is 0.805. The minimum absolute atomic E-state index is 0.00678. The maximum absolute atomic E-state index is 6.36. The molecule has 1 atom stereocenters. The van der Waals surface area contributed by atoms with E-state index in [0.29, 0.717) is 6.54 Å². The van der Waals surface area contributed by atoms with Gasteiger partial charge >= 0.3 is 0 Å². The number of hydrogen-bond acceptors (Lipinski definition) is 3. The monoisotopic (exact) mass is 268 g/mol. The minimum Gasteiger partial charge on any atom is -0.368 e. The fourth-order valence-electron chi connectivity index (χ4n) is 4.08. The molecule has 0 bridgehead atoms. The number of unbranched alkanes of at least 4 members (excludes halogenated alkanes) is 1. The first-order chi connectivity index (χ1) is 8.78. The van der Waals surface area contributed by atoms with E-state index < -0.39 is 0 Å². The molecule has 19 heavy (non-hydrogen) atoms. The lowest BCUT2D eigenvalue weighted by Crippen LogP contribution is -2.64. The molecule has 1 saturated carbocycles. The third kappa shape index (κ3) is 2.70. The zero-order valence-electron chi connectivity index (χ0n) is 13.5. The Morgan fingerprint density at radius 1 is 1.21 bits per heavy atom. The lowest BCUT2D eigenvalue weighted by molar-refractivity contribution is -0.106. The van der Waals surface area contributed by atoms with Gasteiger partial charge in [-0.05, 0) is 59.9 Å². The van der Waals surface area contributed by atoms with E-state index in [0.717, 1.165) is 12.5 Å². The Balaban J connectivity index is 2.28. The first kappa shape index (κ1) is 15.3. The predicted molar refractivity (Wildman–Crippen MR) is 80.3 cm³/mol. The Hall–Kier alpha value is -0.120. The van der Waals surface area contributed by atoms with Crippen molar-refractivity contribution in [2.45, 2.75) is 89.5 Å². The van der Waals surface area contributed by atoms with Crippen LogP contribution in [-0.2, 0) is 4.74 Å². The molecule has 3 heteroatoms. The van der Waals surface area contributed by atoms with E-state index in [9.17, 15) is 0 Å². The van der Waals surface area contributed by atoms with Crippen LogP contribution >= 0.6 is 0 Å². The number of ether oxygens (including phenoxy) is 1. The summed E-state index contributed by atoms with van der Waals surface area (Å²) in [4.78, 5) is 2.70. The average Bonchev–Trinajstić information content (AvgIpc) is 3.06. The summed E-state index contributed by atoms with van der Waals surface area (Å²) in [6.45, 7) is 13.0. The minimum atomic E-state index is -0.165. The highest BCUT2D eigenvalue weighted by molar-refractivity contribution is 5.15. The summed E-state index contributed by atoms with van der Waals surface area (Å²) in [6.07, 6.45) is 6.22. The first-order valence-electron chi connectivity index (χ1n) is 7.95. The van der Waals surface area contributed by atoms with Crippen LogP contribution in [0.15, 0.2) is 0 Å². The number of nitrogens with two attached hydrogens (primary N) is 1. The molecule has 1 unspecified atom stereocenters. The van der Waals surface area contributed by atoms with Crippen LogP contribution in [0.3, 0.4) is 0 Å². The van der Waals surface area contributed by atoms with Crippen molar-refractivity contribution in [1.82, 2.24) is 4.90 Å². The first-order valence-corrected chi connectivity index (χ1v) is 7.95. The van der Waals surface area contributed by atoms with E-state index in [1.807, 2.05) is 0 Å². The van der Waals surface area contributed by atoms with Gasteiger partial charge in [0.1, 0.15) is 0 Å². The van der Waals surface area contributed by atoms with Gasteiger partial charge in [-0.2, -0.15) is 0 Å². The fourth-order valence-corrected chi connectivity index (χ4v) is 4.08. The topological polar surface area (TPSA) is 38.5 Å². The molecule has 112 valence electrons. The SMILES string of the molecule is CCCCN(C1CC1)C1(CN)CC(C)(C)OC1(C)C. The van der Waals surface area contributed by atoms with Crippen molar-refractivity contribution >= 4 is 0 Å². The molecular weight excluding hydrogens is 236 g/mol. The highest BCUT2D eigenvalue weighted by atomic mass is 16.5. The zero-order chi connectivity index (χ0) is 14.3. The van der Waals surface area contributed by atoms with Crippen LogP contribution < -0.4 is 5.73 Å². The van der Waals surface area contributed by atoms with Gasteiger partial charge in [0.15, 0.2) is 0 Å². The molecule has 3 nitrogen and oxygen atoms in total. The molecule has 0 aromatic rings. The molecule has 1 saturated heterocycles. The van der Waals surface area contributed by atoms with Gasteiger partial charge in [0.25, 0.3) is 0 Å². The van der Waals surface area contributed by atoms with Gasteiger partial charge in [-0.1, -0.05) is 13.3 Å². The molecule has 0 amide bonds. The lowest BCUT2D eigenvalue weighted by atomic mass is 9.77. The molecule has 1 aliphatic heterocycles. The van der Waals surface area contributed by atoms with Crippen molar-refractivity contribution < 1.29 is 4.74 Å². The van der Waals surface area contributed by atoms with E-state index in [1.54, 1.807) is 0 Å². The second-order valence-electron chi connectivity index (χ2n) is 7.56. The normalized spacial score (nSPS) is 33.0. The van der Waals surface area contributed by atoms with Gasteiger partial charge in [-0.15, -0.1) is 0 Å². The summed E-state index contributed by atoms with van der Waals surface area (Å²) >= 11 is 0. The van der Waals surface area contributed by atoms with Crippen molar-refractivity contribution in [3.05, 3.63) is 0 Å². The smallest absolute Gasteiger partial charge is 0.0830 e. The second kappa shape index (κ2) is 5.01. The van der Waals surface area contributed by atoms with Crippen LogP contribution in [0.4, 0.5) is 0 Å². The maximum atomic E-state index is 6.36. The lowest BCUT2D eigenvalue weighted by Gasteiger charge is -2.48. The van der Waals surface area contributed by atoms with Crippen molar-refractivity contribution in [3.63, 3.8) is 0 Å². The maximum Gasteiger partial charge on any atom is 0.0830 e. The molecule has 0 spiro atoms. The molecule has 0 aromatic carbocycles. The number of nitrogens with zero attached hydrogens (tertiary/aromatic N) is 1. The van der Waals surface area contributed by atoms with Gasteiger partial charge < -0.3 is 10.5 Å². The van der Waals surface area contributed by atoms with E-state index in [-0.39, 0.29) is 16.7 Å². The molecule has 2 rings (SSSR count). The summed E-state index contributed by atoms with van der Waals surface area (Å²) in [6, 6.07) is 0.742. The van der Waals surface area contributed by atoms with Gasteiger partial charge in [-0.3, -0.25) is 4.90 Å². The summed E-state index contributed by atoms with van der Waals surface area (Å²) in [5.74, 6) is 0. The van der Waals surface area contributed by atoms with Crippen LogP contribution in [0.2, 0.25) is 0 Å². The summed E-state index contributed by atoms with van der Waals surface area (Å²) < 4.78 is 6.36. The Morgan fingerprint density at radius 2 is 1.84 bits per heavy atom. The Labute approximate surface area is 118 Å². The molecule has 0 radical (unpaired) electrons. The molecular formula is C16H32N2O. The Morgan fingerprint density at radius 3 is 2.21 bits per heavy atom. The summed E-state index contributed by atoms with van der Waals surface area (Å²) in [7, 11) is 0. The van der Waals surface area contributed by atoms with Crippen LogP contribution in [0.1, 0.15) is 66.7 Å². The zero-order valence-corrected chi connectivity index (χ0v) is 13.5. The molecule has 0 aromatic heterocycles. The summed E-state index contributed by atoms with van der Waals surface area (Å²) in [5.41, 5.74) is 6.06. The van der Waals surface area contributed by atoms with Gasteiger partial charge in [0.2, 0.25) is 0 Å². The van der Waals surface area contributed by atoms with E-state index >= 15 is 0 Å². The standard InChI is InChI=1S/C16H32N2O/c1-6-7-10-18(13-8-9-13)16(12-17)11-14(2,3)19-15(16,4)5/h13H,6-12,17H2,1-5H3. The van der Waals surface area contributed by atoms with E-state index in [2.05, 4.69) is 39.5 Å².